The van der Waals surface area contributed by atoms with Gasteiger partial charge in [0.05, 0.1) is 0 Å². The van der Waals surface area contributed by atoms with Crippen LogP contribution in [-0.2, 0) is 6.42 Å². The molecule has 0 saturated heterocycles. The second kappa shape index (κ2) is 6.76. The molecule has 1 nitrogen and oxygen atoms in total. The van der Waals surface area contributed by atoms with E-state index in [9.17, 15) is 0 Å². The van der Waals surface area contributed by atoms with E-state index >= 15 is 0 Å². The molecule has 0 bridgehead atoms. The number of aryl methyl sites for hydroxylation is 1. The number of benzene rings is 1. The maximum absolute atomic E-state index is 3.92. The van der Waals surface area contributed by atoms with E-state index in [0.29, 0.717) is 17.5 Å². The first-order chi connectivity index (χ1) is 9.54. The molecule has 0 radical (unpaired) electrons. The standard InChI is InChI=1S/C19H31N/c1-5-6-7-10-15(2)20-18-17-12-9-8-11-16(17)13-14-19(18,3)4/h8-9,11-12,15,18,20H,5-7,10,13-14H2,1-4H3. The van der Waals surface area contributed by atoms with E-state index < -0.39 is 0 Å². The zero-order valence-corrected chi connectivity index (χ0v) is 13.7. The number of hydrogen-bond donors (Lipinski definition) is 1. The molecule has 0 amide bonds. The van der Waals surface area contributed by atoms with Gasteiger partial charge < -0.3 is 5.32 Å². The van der Waals surface area contributed by atoms with Gasteiger partial charge in [-0.1, -0.05) is 64.3 Å². The van der Waals surface area contributed by atoms with Gasteiger partial charge in [-0.25, -0.2) is 0 Å². The van der Waals surface area contributed by atoms with E-state index in [1.54, 1.807) is 5.56 Å². The van der Waals surface area contributed by atoms with Crippen LogP contribution >= 0.6 is 0 Å². The van der Waals surface area contributed by atoms with Crippen LogP contribution in [0.2, 0.25) is 0 Å². The summed E-state index contributed by atoms with van der Waals surface area (Å²) in [5.41, 5.74) is 3.43. The van der Waals surface area contributed by atoms with Gasteiger partial charge >= 0.3 is 0 Å². The van der Waals surface area contributed by atoms with Crippen LogP contribution in [0.5, 0.6) is 0 Å². The van der Waals surface area contributed by atoms with Crippen molar-refractivity contribution >= 4 is 0 Å². The summed E-state index contributed by atoms with van der Waals surface area (Å²) in [6, 6.07) is 10.1. The maximum atomic E-state index is 3.92. The van der Waals surface area contributed by atoms with Gasteiger partial charge in [-0.15, -0.1) is 0 Å². The van der Waals surface area contributed by atoms with Gasteiger partial charge in [-0.3, -0.25) is 0 Å². The molecular weight excluding hydrogens is 242 g/mol. The summed E-state index contributed by atoms with van der Waals surface area (Å²) >= 11 is 0. The van der Waals surface area contributed by atoms with E-state index in [-0.39, 0.29) is 0 Å². The second-order valence-electron chi connectivity index (χ2n) is 7.18. The Hall–Kier alpha value is -0.820. The Kier molecular flexibility index (Phi) is 5.26. The molecular formula is C19H31N. The quantitative estimate of drug-likeness (QED) is 0.697. The minimum atomic E-state index is 0.355. The lowest BCUT2D eigenvalue weighted by molar-refractivity contribution is 0.193. The fourth-order valence-corrected chi connectivity index (χ4v) is 3.45. The van der Waals surface area contributed by atoms with Crippen molar-refractivity contribution in [2.45, 2.75) is 78.3 Å². The van der Waals surface area contributed by atoms with Crippen LogP contribution in [0.1, 0.15) is 77.0 Å². The van der Waals surface area contributed by atoms with Crippen molar-refractivity contribution in [3.8, 4) is 0 Å². The fourth-order valence-electron chi connectivity index (χ4n) is 3.45. The van der Waals surface area contributed by atoms with E-state index in [4.69, 9.17) is 0 Å². The van der Waals surface area contributed by atoms with Gasteiger partial charge in [0.25, 0.3) is 0 Å². The zero-order valence-electron chi connectivity index (χ0n) is 13.7. The van der Waals surface area contributed by atoms with E-state index in [2.05, 4.69) is 57.3 Å². The second-order valence-corrected chi connectivity index (χ2v) is 7.18. The Balaban J connectivity index is 2.08. The lowest BCUT2D eigenvalue weighted by Gasteiger charge is -2.42. The molecule has 1 N–H and O–H groups in total. The summed E-state index contributed by atoms with van der Waals surface area (Å²) in [5.74, 6) is 0. The molecule has 1 aliphatic carbocycles. The summed E-state index contributed by atoms with van der Waals surface area (Å²) in [7, 11) is 0. The van der Waals surface area contributed by atoms with Gasteiger partial charge in [0, 0.05) is 12.1 Å². The van der Waals surface area contributed by atoms with E-state index in [1.165, 1.54) is 44.1 Å². The highest BCUT2D eigenvalue weighted by atomic mass is 15.0. The maximum Gasteiger partial charge on any atom is 0.0376 e. The van der Waals surface area contributed by atoms with Crippen LogP contribution in [0, 0.1) is 5.41 Å². The van der Waals surface area contributed by atoms with Crippen molar-refractivity contribution in [1.82, 2.24) is 5.32 Å². The molecule has 0 aliphatic heterocycles. The average Bonchev–Trinajstić information content (AvgIpc) is 2.42. The summed E-state index contributed by atoms with van der Waals surface area (Å²) in [5, 5.41) is 3.92. The number of unbranched alkanes of at least 4 members (excludes halogenated alkanes) is 2. The summed E-state index contributed by atoms with van der Waals surface area (Å²) in [4.78, 5) is 0. The summed E-state index contributed by atoms with van der Waals surface area (Å²) in [6.45, 7) is 9.46. The van der Waals surface area contributed by atoms with Crippen LogP contribution in [0.25, 0.3) is 0 Å². The third-order valence-corrected chi connectivity index (χ3v) is 4.88. The molecule has 0 spiro atoms. The van der Waals surface area contributed by atoms with E-state index in [0.717, 1.165) is 0 Å². The average molecular weight is 273 g/mol. The summed E-state index contributed by atoms with van der Waals surface area (Å²) < 4.78 is 0. The van der Waals surface area contributed by atoms with Crippen molar-refractivity contribution in [2.24, 2.45) is 5.41 Å². The molecule has 2 unspecified atom stereocenters. The Morgan fingerprint density at radius 3 is 2.75 bits per heavy atom. The van der Waals surface area contributed by atoms with Gasteiger partial charge in [-0.05, 0) is 42.7 Å². The van der Waals surface area contributed by atoms with Crippen molar-refractivity contribution in [1.29, 1.82) is 0 Å². The van der Waals surface area contributed by atoms with Crippen molar-refractivity contribution in [3.63, 3.8) is 0 Å². The molecule has 1 aromatic carbocycles. The van der Waals surface area contributed by atoms with Crippen molar-refractivity contribution in [3.05, 3.63) is 35.4 Å². The molecule has 1 aromatic rings. The van der Waals surface area contributed by atoms with Crippen LogP contribution < -0.4 is 5.32 Å². The Morgan fingerprint density at radius 1 is 1.25 bits per heavy atom. The highest BCUT2D eigenvalue weighted by Gasteiger charge is 2.35. The van der Waals surface area contributed by atoms with Crippen LogP contribution in [0.15, 0.2) is 24.3 Å². The predicted molar refractivity (Wildman–Crippen MR) is 88.0 cm³/mol. The fraction of sp³-hybridized carbons (Fsp3) is 0.684. The first-order valence-electron chi connectivity index (χ1n) is 8.38. The largest absolute Gasteiger partial charge is 0.307 e. The highest BCUT2D eigenvalue weighted by Crippen LogP contribution is 2.43. The summed E-state index contributed by atoms with van der Waals surface area (Å²) in [6.07, 6.45) is 7.82. The number of nitrogens with one attached hydrogen (secondary N) is 1. The molecule has 0 aromatic heterocycles. The molecule has 2 rings (SSSR count). The molecule has 1 aliphatic rings. The first-order valence-corrected chi connectivity index (χ1v) is 8.38. The molecule has 112 valence electrons. The number of fused-ring (bicyclic) bond motifs is 1. The Morgan fingerprint density at radius 2 is 2.00 bits per heavy atom. The third-order valence-electron chi connectivity index (χ3n) is 4.88. The van der Waals surface area contributed by atoms with Crippen LogP contribution in [0.4, 0.5) is 0 Å². The number of hydrogen-bond acceptors (Lipinski definition) is 1. The molecule has 0 fully saturated rings. The number of rotatable bonds is 6. The predicted octanol–water partition coefficient (Wildman–Crippen LogP) is 5.26. The zero-order chi connectivity index (χ0) is 14.6. The minimum Gasteiger partial charge on any atom is -0.307 e. The monoisotopic (exact) mass is 273 g/mol. The lowest BCUT2D eigenvalue weighted by atomic mass is 9.70. The SMILES string of the molecule is CCCCCC(C)NC1c2ccccc2CCC1(C)C. The molecule has 0 saturated carbocycles. The van der Waals surface area contributed by atoms with Gasteiger partial charge in [0.1, 0.15) is 0 Å². The molecule has 1 heteroatoms. The third kappa shape index (κ3) is 3.63. The first kappa shape index (κ1) is 15.6. The molecule has 20 heavy (non-hydrogen) atoms. The highest BCUT2D eigenvalue weighted by molar-refractivity contribution is 5.34. The van der Waals surface area contributed by atoms with E-state index in [1.807, 2.05) is 0 Å². The van der Waals surface area contributed by atoms with Gasteiger partial charge in [0.2, 0.25) is 0 Å². The topological polar surface area (TPSA) is 12.0 Å². The van der Waals surface area contributed by atoms with Crippen molar-refractivity contribution < 1.29 is 0 Å². The van der Waals surface area contributed by atoms with Crippen LogP contribution in [0.3, 0.4) is 0 Å². The van der Waals surface area contributed by atoms with Crippen LogP contribution in [-0.4, -0.2) is 6.04 Å². The van der Waals surface area contributed by atoms with Gasteiger partial charge in [0.15, 0.2) is 0 Å². The molecule has 2 atom stereocenters. The Labute approximate surface area is 125 Å². The minimum absolute atomic E-state index is 0.355. The molecule has 0 heterocycles. The lowest BCUT2D eigenvalue weighted by Crippen LogP contribution is -2.42. The van der Waals surface area contributed by atoms with Crippen molar-refractivity contribution in [2.75, 3.05) is 0 Å². The smallest absolute Gasteiger partial charge is 0.0376 e. The normalized spacial score (nSPS) is 22.3. The van der Waals surface area contributed by atoms with Gasteiger partial charge in [-0.2, -0.15) is 0 Å². The Bertz CT molecular complexity index is 422.